The molecule has 1 saturated heterocycles. The zero-order valence-corrected chi connectivity index (χ0v) is 18.7. The second-order valence-corrected chi connectivity index (χ2v) is 10.6. The number of fused-ring (bicyclic) bond motifs is 2. The van der Waals surface area contributed by atoms with Crippen molar-refractivity contribution < 1.29 is 9.53 Å². The number of carbonyl (C=O) groups excluding carboxylic acids is 1. The summed E-state index contributed by atoms with van der Waals surface area (Å²) >= 11 is 6.02. The molecule has 0 N–H and O–H groups in total. The lowest BCUT2D eigenvalue weighted by molar-refractivity contribution is -0.146. The summed E-state index contributed by atoms with van der Waals surface area (Å²) in [5.74, 6) is 0.958. The fourth-order valence-corrected chi connectivity index (χ4v) is 6.67. The molecular weight excluding hydrogens is 394 g/mol. The third-order valence-corrected chi connectivity index (χ3v) is 8.53. The molecule has 2 heterocycles. The number of esters is 1. The van der Waals surface area contributed by atoms with Gasteiger partial charge in [-0.2, -0.15) is 0 Å². The average molecular weight is 426 g/mol. The molecular formula is C26H32ClNO2. The third kappa shape index (κ3) is 3.65. The molecule has 1 aromatic rings. The van der Waals surface area contributed by atoms with Crippen molar-refractivity contribution in [2.45, 2.75) is 51.6 Å². The fraction of sp³-hybridized carbons (Fsp3) is 0.577. The number of rotatable bonds is 3. The van der Waals surface area contributed by atoms with Gasteiger partial charge in [-0.25, -0.2) is 0 Å². The highest BCUT2D eigenvalue weighted by molar-refractivity contribution is 6.30. The quantitative estimate of drug-likeness (QED) is 0.456. The van der Waals surface area contributed by atoms with Crippen LogP contribution >= 0.6 is 11.6 Å². The predicted molar refractivity (Wildman–Crippen MR) is 121 cm³/mol. The first kappa shape index (κ1) is 20.3. The Bertz CT molecular complexity index is 876. The van der Waals surface area contributed by atoms with E-state index in [1.807, 2.05) is 12.1 Å². The minimum absolute atomic E-state index is 0.0137. The van der Waals surface area contributed by atoms with Gasteiger partial charge in [-0.05, 0) is 73.1 Å². The van der Waals surface area contributed by atoms with Gasteiger partial charge in [0.25, 0.3) is 0 Å². The normalized spacial score (nSPS) is 36.7. The highest BCUT2D eigenvalue weighted by Crippen LogP contribution is 2.57. The van der Waals surface area contributed by atoms with Crippen LogP contribution in [0.2, 0.25) is 5.02 Å². The molecule has 0 spiro atoms. The van der Waals surface area contributed by atoms with Crippen molar-refractivity contribution in [1.29, 1.82) is 0 Å². The van der Waals surface area contributed by atoms with Crippen LogP contribution in [0.1, 0.15) is 51.0 Å². The van der Waals surface area contributed by atoms with E-state index in [1.54, 1.807) is 0 Å². The van der Waals surface area contributed by atoms with E-state index in [9.17, 15) is 4.79 Å². The summed E-state index contributed by atoms with van der Waals surface area (Å²) in [6, 6.07) is 8.10. The molecule has 0 radical (unpaired) electrons. The van der Waals surface area contributed by atoms with E-state index in [4.69, 9.17) is 16.3 Å². The maximum absolute atomic E-state index is 12.8. The van der Waals surface area contributed by atoms with E-state index >= 15 is 0 Å². The van der Waals surface area contributed by atoms with Crippen LogP contribution in [0.4, 0.5) is 0 Å². The highest BCUT2D eigenvalue weighted by atomic mass is 35.5. The van der Waals surface area contributed by atoms with Gasteiger partial charge in [-0.1, -0.05) is 48.9 Å². The number of benzene rings is 1. The number of hydrogen-bond acceptors (Lipinski definition) is 3. The fourth-order valence-electron chi connectivity index (χ4n) is 6.55. The van der Waals surface area contributed by atoms with E-state index in [0.717, 1.165) is 50.3 Å². The molecule has 30 heavy (non-hydrogen) atoms. The van der Waals surface area contributed by atoms with Crippen LogP contribution in [0.25, 0.3) is 5.57 Å². The molecule has 0 amide bonds. The summed E-state index contributed by atoms with van der Waals surface area (Å²) in [6.07, 6.45) is 9.16. The summed E-state index contributed by atoms with van der Waals surface area (Å²) < 4.78 is 5.95. The van der Waals surface area contributed by atoms with Gasteiger partial charge in [0.05, 0.1) is 5.92 Å². The van der Waals surface area contributed by atoms with Crippen molar-refractivity contribution in [3.63, 3.8) is 0 Å². The molecule has 2 aliphatic heterocycles. The van der Waals surface area contributed by atoms with Gasteiger partial charge in [-0.15, -0.1) is 0 Å². The zero-order valence-electron chi connectivity index (χ0n) is 17.9. The van der Waals surface area contributed by atoms with Crippen LogP contribution in [0, 0.1) is 23.2 Å². The Kier molecular flexibility index (Phi) is 5.31. The Morgan fingerprint density at radius 3 is 2.80 bits per heavy atom. The molecule has 1 aromatic carbocycles. The van der Waals surface area contributed by atoms with Gasteiger partial charge < -0.3 is 4.74 Å². The maximum Gasteiger partial charge on any atom is 0.310 e. The number of allylic oxidation sites excluding steroid dienone is 1. The maximum atomic E-state index is 12.8. The lowest BCUT2D eigenvalue weighted by Gasteiger charge is -2.50. The van der Waals surface area contributed by atoms with Crippen LogP contribution in [0.3, 0.4) is 0 Å². The third-order valence-electron chi connectivity index (χ3n) is 8.28. The summed E-state index contributed by atoms with van der Waals surface area (Å²) in [5, 5.41) is 0.773. The van der Waals surface area contributed by atoms with E-state index < -0.39 is 0 Å². The molecule has 160 valence electrons. The van der Waals surface area contributed by atoms with Crippen molar-refractivity contribution in [3.05, 3.63) is 53.1 Å². The first-order valence-corrected chi connectivity index (χ1v) is 11.9. The van der Waals surface area contributed by atoms with Gasteiger partial charge in [-0.3, -0.25) is 9.69 Å². The standard InChI is InChI=1S/C26H32ClNO2/c1-17-4-3-11-26(2)15-24-21(14-23(17)26)22(25(29)30-24)16-28-12-9-19(10-13-28)18-5-7-20(27)8-6-18/h5-9,21-24H,1,3-4,10-16H2,2H3/t21-,22-,23+,24+,26+/m0/s1. The van der Waals surface area contributed by atoms with E-state index in [-0.39, 0.29) is 23.4 Å². The van der Waals surface area contributed by atoms with E-state index in [2.05, 4.69) is 36.6 Å². The van der Waals surface area contributed by atoms with Gasteiger partial charge in [0, 0.05) is 30.6 Å². The smallest absolute Gasteiger partial charge is 0.310 e. The van der Waals surface area contributed by atoms with Crippen LogP contribution in [-0.2, 0) is 9.53 Å². The monoisotopic (exact) mass is 425 g/mol. The minimum atomic E-state index is 0.0137. The van der Waals surface area contributed by atoms with Gasteiger partial charge in [0.15, 0.2) is 0 Å². The SMILES string of the molecule is C=C1CCC[C@]2(C)C[C@H]3OC(=O)[C@@H](CN4CC=C(c5ccc(Cl)cc5)CC4)[C@@H]3C[C@H]12. The van der Waals surface area contributed by atoms with Gasteiger partial charge >= 0.3 is 5.97 Å². The van der Waals surface area contributed by atoms with E-state index in [1.165, 1.54) is 29.6 Å². The number of carbonyl (C=O) groups is 1. The molecule has 5 rings (SSSR count). The number of halogens is 1. The summed E-state index contributed by atoms with van der Waals surface area (Å²) in [4.78, 5) is 15.3. The van der Waals surface area contributed by atoms with Crippen LogP contribution < -0.4 is 0 Å². The molecule has 0 aromatic heterocycles. The molecule has 2 saturated carbocycles. The summed E-state index contributed by atoms with van der Waals surface area (Å²) in [5.41, 5.74) is 4.31. The van der Waals surface area contributed by atoms with Crippen molar-refractivity contribution in [1.82, 2.24) is 4.90 Å². The van der Waals surface area contributed by atoms with Crippen LogP contribution in [0.15, 0.2) is 42.5 Å². The lowest BCUT2D eigenvalue weighted by atomic mass is 9.55. The molecule has 3 fully saturated rings. The zero-order chi connectivity index (χ0) is 20.9. The highest BCUT2D eigenvalue weighted by Gasteiger charge is 2.55. The molecule has 0 bridgehead atoms. The molecule has 4 heteroatoms. The molecule has 4 aliphatic rings. The Labute approximate surface area is 185 Å². The van der Waals surface area contributed by atoms with Crippen molar-refractivity contribution in [3.8, 4) is 0 Å². The van der Waals surface area contributed by atoms with Crippen LogP contribution in [0.5, 0.6) is 0 Å². The minimum Gasteiger partial charge on any atom is -0.462 e. The Hall–Kier alpha value is -1.58. The van der Waals surface area contributed by atoms with E-state index in [0.29, 0.717) is 11.8 Å². The van der Waals surface area contributed by atoms with Gasteiger partial charge in [0.2, 0.25) is 0 Å². The number of hydrogen-bond donors (Lipinski definition) is 0. The second-order valence-electron chi connectivity index (χ2n) is 10.1. The van der Waals surface area contributed by atoms with Crippen LogP contribution in [-0.4, -0.2) is 36.6 Å². The lowest BCUT2D eigenvalue weighted by Crippen LogP contribution is -2.46. The average Bonchev–Trinajstić information content (AvgIpc) is 3.01. The summed E-state index contributed by atoms with van der Waals surface area (Å²) in [7, 11) is 0. The largest absolute Gasteiger partial charge is 0.462 e. The first-order chi connectivity index (χ1) is 14.4. The Balaban J connectivity index is 1.26. The first-order valence-electron chi connectivity index (χ1n) is 11.5. The van der Waals surface area contributed by atoms with Gasteiger partial charge in [0.1, 0.15) is 6.10 Å². The van der Waals surface area contributed by atoms with Crippen molar-refractivity contribution >= 4 is 23.1 Å². The second kappa shape index (κ2) is 7.84. The topological polar surface area (TPSA) is 29.5 Å². The Morgan fingerprint density at radius 2 is 2.07 bits per heavy atom. The van der Waals surface area contributed by atoms with Crippen molar-refractivity contribution in [2.24, 2.45) is 23.2 Å². The number of ether oxygens (including phenoxy) is 1. The number of nitrogens with zero attached hydrogens (tertiary/aromatic N) is 1. The molecule has 2 aliphatic carbocycles. The molecule has 0 unspecified atom stereocenters. The molecule has 5 atom stereocenters. The Morgan fingerprint density at radius 1 is 1.27 bits per heavy atom. The summed E-state index contributed by atoms with van der Waals surface area (Å²) in [6.45, 7) is 9.51. The van der Waals surface area contributed by atoms with Crippen molar-refractivity contribution in [2.75, 3.05) is 19.6 Å². The predicted octanol–water partition coefficient (Wildman–Crippen LogP) is 5.74. The molecule has 3 nitrogen and oxygen atoms in total.